The summed E-state index contributed by atoms with van der Waals surface area (Å²) in [7, 11) is 0. The third-order valence-electron chi connectivity index (χ3n) is 11.3. The lowest BCUT2D eigenvalue weighted by Gasteiger charge is -2.08. The molecule has 3 N–H and O–H groups in total. The van der Waals surface area contributed by atoms with Crippen LogP contribution in [-0.4, -0.2) is 41.9 Å². The van der Waals surface area contributed by atoms with Crippen molar-refractivity contribution in [2.45, 2.75) is 25.8 Å². The molecule has 0 aliphatic carbocycles. The predicted molar refractivity (Wildman–Crippen MR) is 249 cm³/mol. The molecular formula is C53H43N7O. The van der Waals surface area contributed by atoms with Gasteiger partial charge in [0.15, 0.2) is 0 Å². The van der Waals surface area contributed by atoms with Gasteiger partial charge in [0.05, 0.1) is 34.6 Å². The Hall–Kier alpha value is -7.84. The molecule has 296 valence electrons. The van der Waals surface area contributed by atoms with E-state index in [1.165, 1.54) is 0 Å². The molecule has 8 aromatic rings. The minimum atomic E-state index is 0.0125. The molecule has 61 heavy (non-hydrogen) atoms. The lowest BCUT2D eigenvalue weighted by atomic mass is 10.00. The number of carbonyl (C=O) groups is 1. The number of imidazole rings is 1. The molecule has 0 saturated carbocycles. The van der Waals surface area contributed by atoms with Crippen molar-refractivity contribution in [1.29, 1.82) is 0 Å². The van der Waals surface area contributed by atoms with Crippen molar-refractivity contribution < 1.29 is 4.79 Å². The van der Waals surface area contributed by atoms with Gasteiger partial charge in [0.25, 0.3) is 0 Å². The maximum atomic E-state index is 13.5. The highest BCUT2D eigenvalue weighted by Gasteiger charge is 2.21. The molecule has 10 rings (SSSR count). The second kappa shape index (κ2) is 16.8. The van der Waals surface area contributed by atoms with E-state index in [9.17, 15) is 4.79 Å². The second-order valence-electron chi connectivity index (χ2n) is 15.3. The molecule has 0 atom stereocenters. The summed E-state index contributed by atoms with van der Waals surface area (Å²) in [6.45, 7) is 1.38. The third-order valence-corrected chi connectivity index (χ3v) is 11.3. The first-order chi connectivity index (χ1) is 30.2. The zero-order chi connectivity index (χ0) is 41.0. The van der Waals surface area contributed by atoms with Gasteiger partial charge in [-0.1, -0.05) is 121 Å². The van der Waals surface area contributed by atoms with Crippen LogP contribution in [0, 0.1) is 0 Å². The molecule has 2 aliphatic rings. The first-order valence-corrected chi connectivity index (χ1v) is 20.8. The van der Waals surface area contributed by atoms with Crippen molar-refractivity contribution in [1.82, 2.24) is 34.8 Å². The van der Waals surface area contributed by atoms with Crippen LogP contribution in [0.25, 0.3) is 90.9 Å². The van der Waals surface area contributed by atoms with Crippen LogP contribution in [0.15, 0.2) is 158 Å². The number of hydrogen-bond donors (Lipinski definition) is 3. The highest BCUT2D eigenvalue weighted by molar-refractivity contribution is 6.00. The van der Waals surface area contributed by atoms with Crippen molar-refractivity contribution in [2.75, 3.05) is 6.54 Å². The van der Waals surface area contributed by atoms with Crippen LogP contribution in [0.3, 0.4) is 0 Å². The minimum Gasteiger partial charge on any atom is -0.356 e. The van der Waals surface area contributed by atoms with Gasteiger partial charge in [-0.3, -0.25) is 4.79 Å². The highest BCUT2D eigenvalue weighted by atomic mass is 16.1. The average Bonchev–Trinajstić information content (AvgIpc) is 4.18. The molecule has 4 aromatic carbocycles. The molecule has 1 amide bonds. The van der Waals surface area contributed by atoms with Gasteiger partial charge >= 0.3 is 0 Å². The quantitative estimate of drug-likeness (QED) is 0.113. The number of aromatic amines is 2. The fourth-order valence-electron chi connectivity index (χ4n) is 8.43. The number of fused-ring (bicyclic) bond motifs is 8. The van der Waals surface area contributed by atoms with Gasteiger partial charge < -0.3 is 19.9 Å². The molecule has 8 nitrogen and oxygen atoms in total. The summed E-state index contributed by atoms with van der Waals surface area (Å²) < 4.78 is 2.02. The van der Waals surface area contributed by atoms with Crippen LogP contribution in [0.4, 0.5) is 0 Å². The van der Waals surface area contributed by atoms with Crippen LogP contribution in [0.1, 0.15) is 41.2 Å². The topological polar surface area (TPSA) is 104 Å². The first kappa shape index (κ1) is 37.4. The molecule has 6 heterocycles. The van der Waals surface area contributed by atoms with Gasteiger partial charge in [-0.2, -0.15) is 0 Å². The number of hydrogen-bond acceptors (Lipinski definition) is 4. The highest BCUT2D eigenvalue weighted by Crippen LogP contribution is 2.39. The predicted octanol–water partition coefficient (Wildman–Crippen LogP) is 11.7. The Morgan fingerprint density at radius 3 is 1.52 bits per heavy atom. The maximum absolute atomic E-state index is 13.5. The Balaban J connectivity index is 1.25. The van der Waals surface area contributed by atoms with Crippen molar-refractivity contribution in [3.63, 3.8) is 0 Å². The molecular weight excluding hydrogens is 751 g/mol. The Morgan fingerprint density at radius 2 is 1.03 bits per heavy atom. The number of rotatable bonds is 11. The van der Waals surface area contributed by atoms with Crippen LogP contribution in [0.5, 0.6) is 0 Å². The average molecular weight is 794 g/mol. The van der Waals surface area contributed by atoms with Crippen molar-refractivity contribution in [3.05, 3.63) is 187 Å². The molecule has 0 unspecified atom stereocenters. The van der Waals surface area contributed by atoms with Gasteiger partial charge in [0, 0.05) is 70.7 Å². The maximum Gasteiger partial charge on any atom is 0.220 e. The summed E-state index contributed by atoms with van der Waals surface area (Å²) in [5.74, 6) is 0.0125. The molecule has 8 heteroatoms. The number of nitrogens with zero attached hydrogens (tertiary/aromatic N) is 4. The fraction of sp³-hybridized carbons (Fsp3) is 0.0943. The van der Waals surface area contributed by atoms with E-state index in [4.69, 9.17) is 9.97 Å². The fourth-order valence-corrected chi connectivity index (χ4v) is 8.43. The van der Waals surface area contributed by atoms with E-state index in [0.29, 0.717) is 19.4 Å². The third kappa shape index (κ3) is 7.75. The smallest absolute Gasteiger partial charge is 0.220 e. The Kier molecular flexibility index (Phi) is 10.3. The molecule has 4 aromatic heterocycles. The van der Waals surface area contributed by atoms with Gasteiger partial charge in [-0.05, 0) is 83.2 Å². The van der Waals surface area contributed by atoms with Crippen LogP contribution in [0.2, 0.25) is 0 Å². The normalized spacial score (nSPS) is 11.9. The Labute approximate surface area is 354 Å². The summed E-state index contributed by atoms with van der Waals surface area (Å²) in [5, 5.41) is 3.15. The van der Waals surface area contributed by atoms with E-state index < -0.39 is 0 Å². The number of carbonyl (C=O) groups excluding carboxylic acids is 1. The van der Waals surface area contributed by atoms with Crippen LogP contribution < -0.4 is 5.32 Å². The van der Waals surface area contributed by atoms with Crippen molar-refractivity contribution in [3.8, 4) is 44.5 Å². The van der Waals surface area contributed by atoms with Crippen molar-refractivity contribution >= 4 is 52.3 Å². The first-order valence-electron chi connectivity index (χ1n) is 20.8. The number of H-pyrrole nitrogens is 2. The van der Waals surface area contributed by atoms with E-state index in [-0.39, 0.29) is 5.91 Å². The van der Waals surface area contributed by atoms with Gasteiger partial charge in [0.1, 0.15) is 0 Å². The zero-order valence-corrected chi connectivity index (χ0v) is 33.6. The Morgan fingerprint density at radius 1 is 0.557 bits per heavy atom. The van der Waals surface area contributed by atoms with E-state index >= 15 is 0 Å². The molecule has 2 aliphatic heterocycles. The standard InChI is InChI=1S/C53H43N7O/c61-48(55-30-13-32-60-33-31-54-35-60)29-22-40-34-47-51(38-18-9-3-10-19-38)45-26-25-43(57-45)49(36-14-5-1-6-15-36)41-23-24-42(56-41)50(37-16-7-2-8-17-37)44-27-28-46(58-44)52(53(40)59-47)39-20-11-4-12-21-39/h1-12,14-21,23-28,31,33-35,56,59H,13,22,29-30,32H2,(H,55,61). The lowest BCUT2D eigenvalue weighted by molar-refractivity contribution is -0.121. The number of nitrogens with one attached hydrogen (secondary N) is 3. The summed E-state index contributed by atoms with van der Waals surface area (Å²) in [4.78, 5) is 36.3. The summed E-state index contributed by atoms with van der Waals surface area (Å²) in [5.41, 5.74) is 16.3. The molecule has 0 spiro atoms. The number of benzene rings is 4. The summed E-state index contributed by atoms with van der Waals surface area (Å²) >= 11 is 0. The largest absolute Gasteiger partial charge is 0.356 e. The lowest BCUT2D eigenvalue weighted by Crippen LogP contribution is -2.25. The van der Waals surface area contributed by atoms with Crippen LogP contribution in [-0.2, 0) is 17.8 Å². The zero-order valence-electron chi connectivity index (χ0n) is 33.6. The summed E-state index contributed by atoms with van der Waals surface area (Å²) in [6, 6.07) is 48.2. The van der Waals surface area contributed by atoms with Gasteiger partial charge in [0.2, 0.25) is 5.91 Å². The summed E-state index contributed by atoms with van der Waals surface area (Å²) in [6.07, 6.45) is 15.7. The molecule has 0 saturated heterocycles. The minimum absolute atomic E-state index is 0.0125. The molecule has 0 fully saturated rings. The van der Waals surface area contributed by atoms with Crippen molar-refractivity contribution in [2.24, 2.45) is 0 Å². The SMILES string of the molecule is O=C(CCc1cc2[nH]c1c(-c1ccccc1)c1nc(c(-c3ccccc3)c3ccc([nH]3)c(-c3ccccc3)c3nc(c2-c2ccccc2)C=C3)C=C1)NCCCn1ccnc1. The monoisotopic (exact) mass is 793 g/mol. The number of amides is 1. The van der Waals surface area contributed by atoms with Crippen LogP contribution >= 0.6 is 0 Å². The number of aryl methyl sites for hydroxylation is 2. The molecule has 8 bridgehead atoms. The van der Waals surface area contributed by atoms with Gasteiger partial charge in [-0.25, -0.2) is 15.0 Å². The second-order valence-corrected chi connectivity index (χ2v) is 15.3. The Bertz CT molecular complexity index is 3070. The van der Waals surface area contributed by atoms with Gasteiger partial charge in [-0.15, -0.1) is 0 Å². The van der Waals surface area contributed by atoms with E-state index in [0.717, 1.165) is 108 Å². The van der Waals surface area contributed by atoms with E-state index in [2.05, 4.69) is 160 Å². The number of aromatic nitrogens is 6. The van der Waals surface area contributed by atoms with E-state index in [1.54, 1.807) is 12.5 Å². The molecule has 0 radical (unpaired) electrons. The van der Waals surface area contributed by atoms with E-state index in [1.807, 2.05) is 35.0 Å².